The Morgan fingerprint density at radius 2 is 1.67 bits per heavy atom. The number of ketones is 1. The molecule has 254 valence electrons. The van der Waals surface area contributed by atoms with Crippen LogP contribution < -0.4 is 0 Å². The first-order valence-electron chi connectivity index (χ1n) is 17.3. The molecule has 0 aromatic heterocycles. The molecule has 0 bridgehead atoms. The van der Waals surface area contributed by atoms with Crippen LogP contribution in [-0.2, 0) is 23.7 Å². The number of aliphatic hydroxyl groups excluding tert-OH is 5. The first-order chi connectivity index (χ1) is 21.0. The van der Waals surface area contributed by atoms with Gasteiger partial charge in [-0.05, 0) is 81.5 Å². The molecule has 3 aliphatic heterocycles. The maximum Gasteiger partial charge on any atom is 0.192 e. The lowest BCUT2D eigenvalue weighted by Crippen LogP contribution is -2.63. The predicted molar refractivity (Wildman–Crippen MR) is 156 cm³/mol. The molecule has 11 heteroatoms. The second kappa shape index (κ2) is 9.49. The molecule has 6 N–H and O–H groups in total. The summed E-state index contributed by atoms with van der Waals surface area (Å²) in [5, 5.41) is 65.2. The van der Waals surface area contributed by atoms with Crippen molar-refractivity contribution in [3.63, 3.8) is 0 Å². The first kappa shape index (κ1) is 31.5. The quantitative estimate of drug-likeness (QED) is 0.238. The molecule has 45 heavy (non-hydrogen) atoms. The number of hydrogen-bond acceptors (Lipinski definition) is 11. The Labute approximate surface area is 264 Å². The molecule has 0 aromatic rings. The zero-order valence-electron chi connectivity index (χ0n) is 27.1. The molecule has 0 radical (unpaired) electrons. The molecule has 19 atom stereocenters. The third-order valence-electron chi connectivity index (χ3n) is 15.8. The van der Waals surface area contributed by atoms with Crippen LogP contribution in [0.2, 0.25) is 0 Å². The van der Waals surface area contributed by atoms with Gasteiger partial charge >= 0.3 is 0 Å². The number of Topliss-reactive ketones (excluding diaryl/α,β-unsaturated/α-hetero) is 1. The van der Waals surface area contributed by atoms with Crippen LogP contribution in [0.3, 0.4) is 0 Å². The van der Waals surface area contributed by atoms with E-state index in [1.807, 2.05) is 20.8 Å². The lowest BCUT2D eigenvalue weighted by molar-refractivity contribution is -0.356. The van der Waals surface area contributed by atoms with Crippen molar-refractivity contribution in [2.45, 2.75) is 152 Å². The van der Waals surface area contributed by atoms with Gasteiger partial charge in [-0.2, -0.15) is 0 Å². The Morgan fingerprint density at radius 3 is 2.38 bits per heavy atom. The van der Waals surface area contributed by atoms with Crippen LogP contribution in [0.4, 0.5) is 0 Å². The van der Waals surface area contributed by atoms with Crippen molar-refractivity contribution in [2.24, 2.45) is 45.8 Å². The van der Waals surface area contributed by atoms with E-state index in [1.165, 1.54) is 0 Å². The van der Waals surface area contributed by atoms with E-state index in [-0.39, 0.29) is 29.1 Å². The van der Waals surface area contributed by atoms with E-state index in [1.54, 1.807) is 0 Å². The van der Waals surface area contributed by atoms with Gasteiger partial charge in [0.2, 0.25) is 0 Å². The highest BCUT2D eigenvalue weighted by molar-refractivity contribution is 5.91. The molecule has 0 unspecified atom stereocenters. The predicted octanol–water partition coefficient (Wildman–Crippen LogP) is 1.03. The molecule has 1 spiro atoms. The summed E-state index contributed by atoms with van der Waals surface area (Å²) in [4.78, 5) is 13.5. The summed E-state index contributed by atoms with van der Waals surface area (Å²) in [6.07, 6.45) is -3.17. The minimum atomic E-state index is -1.58. The van der Waals surface area contributed by atoms with Crippen LogP contribution >= 0.6 is 0 Å². The SMILES string of the molecule is C[C@H]([C@H]1C[C@]2(C)O[C@]2(C)[C@H](O[C@@H]2O[C@H](CO)[C@@H](O)[C@H](O)[C@H]2O)O1)[C@@]1(O)CC[C@@H]2[C@@H]3C[C@@H](O)[C@]45C[C@H]4CC(=O)[C@]5(C)[C@H]3CC[C@@]21C. The molecule has 5 saturated carbocycles. The van der Waals surface area contributed by atoms with Crippen molar-refractivity contribution in [1.29, 1.82) is 0 Å². The van der Waals surface area contributed by atoms with Gasteiger partial charge in [-0.15, -0.1) is 0 Å². The van der Waals surface area contributed by atoms with Crippen molar-refractivity contribution in [1.82, 2.24) is 0 Å². The molecule has 5 aliphatic carbocycles. The monoisotopic (exact) mass is 636 g/mol. The number of ether oxygens (including phenoxy) is 4. The largest absolute Gasteiger partial charge is 0.394 e. The number of aliphatic hydroxyl groups is 6. The Kier molecular flexibility index (Phi) is 6.65. The minimum absolute atomic E-state index is 0.181. The minimum Gasteiger partial charge on any atom is -0.394 e. The summed E-state index contributed by atoms with van der Waals surface area (Å²) in [6, 6.07) is 0. The number of hydrogen-bond donors (Lipinski definition) is 6. The van der Waals surface area contributed by atoms with Crippen molar-refractivity contribution in [2.75, 3.05) is 6.61 Å². The maximum absolute atomic E-state index is 13.5. The highest BCUT2D eigenvalue weighted by Gasteiger charge is 2.81. The molecule has 3 saturated heterocycles. The average Bonchev–Trinajstić information content (AvgIpc) is 3.80. The fraction of sp³-hybridized carbons (Fsp3) is 0.971. The van der Waals surface area contributed by atoms with E-state index >= 15 is 0 Å². The topological polar surface area (TPSA) is 179 Å². The lowest BCUT2D eigenvalue weighted by Gasteiger charge is -2.61. The van der Waals surface area contributed by atoms with Gasteiger partial charge in [0.05, 0.1) is 24.4 Å². The van der Waals surface area contributed by atoms with Gasteiger partial charge in [-0.25, -0.2) is 0 Å². The van der Waals surface area contributed by atoms with Crippen LogP contribution in [-0.4, -0.2) is 109 Å². The van der Waals surface area contributed by atoms with Crippen molar-refractivity contribution >= 4 is 5.78 Å². The molecule has 0 aromatic carbocycles. The van der Waals surface area contributed by atoms with E-state index < -0.39 is 83.4 Å². The van der Waals surface area contributed by atoms with Crippen LogP contribution in [0.5, 0.6) is 0 Å². The summed E-state index contributed by atoms with van der Waals surface area (Å²) in [7, 11) is 0. The molecule has 0 amide bonds. The first-order valence-corrected chi connectivity index (χ1v) is 17.3. The third-order valence-corrected chi connectivity index (χ3v) is 15.8. The highest BCUT2D eigenvalue weighted by atomic mass is 16.8. The van der Waals surface area contributed by atoms with Gasteiger partial charge in [0, 0.05) is 29.6 Å². The van der Waals surface area contributed by atoms with Crippen LogP contribution in [0, 0.1) is 45.8 Å². The van der Waals surface area contributed by atoms with E-state index in [4.69, 9.17) is 18.9 Å². The van der Waals surface area contributed by atoms with Crippen LogP contribution in [0.1, 0.15) is 86.0 Å². The van der Waals surface area contributed by atoms with Gasteiger partial charge in [-0.3, -0.25) is 4.79 Å². The van der Waals surface area contributed by atoms with E-state index in [9.17, 15) is 35.4 Å². The summed E-state index contributed by atoms with van der Waals surface area (Å²) in [6.45, 7) is 9.66. The normalized spacial score (nSPS) is 63.6. The lowest BCUT2D eigenvalue weighted by atomic mass is 9.44. The van der Waals surface area contributed by atoms with Gasteiger partial charge in [0.25, 0.3) is 0 Å². The second-order valence-corrected chi connectivity index (χ2v) is 17.1. The zero-order chi connectivity index (χ0) is 32.3. The summed E-state index contributed by atoms with van der Waals surface area (Å²) >= 11 is 0. The fourth-order valence-electron chi connectivity index (χ4n) is 12.6. The zero-order valence-corrected chi connectivity index (χ0v) is 27.1. The molecule has 11 nitrogen and oxygen atoms in total. The Bertz CT molecular complexity index is 1260. The number of epoxide rings is 1. The van der Waals surface area contributed by atoms with Crippen molar-refractivity contribution in [3.8, 4) is 0 Å². The number of rotatable bonds is 5. The Morgan fingerprint density at radius 1 is 0.956 bits per heavy atom. The molecular weight excluding hydrogens is 584 g/mol. The summed E-state index contributed by atoms with van der Waals surface area (Å²) in [5.41, 5.74) is -3.68. The second-order valence-electron chi connectivity index (χ2n) is 17.1. The fourth-order valence-corrected chi connectivity index (χ4v) is 12.6. The average molecular weight is 637 g/mol. The van der Waals surface area contributed by atoms with Gasteiger partial charge in [0.1, 0.15) is 41.4 Å². The van der Waals surface area contributed by atoms with E-state index in [0.717, 1.165) is 25.7 Å². The van der Waals surface area contributed by atoms with Gasteiger partial charge in [-0.1, -0.05) is 20.8 Å². The molecule has 8 aliphatic rings. The number of carbonyl (C=O) groups is 1. The van der Waals surface area contributed by atoms with Crippen molar-refractivity contribution < 1.29 is 54.4 Å². The van der Waals surface area contributed by atoms with Gasteiger partial charge in [0.15, 0.2) is 12.6 Å². The Hall–Kier alpha value is -0.730. The standard InChI is InChI=1S/C34H52O11/c1-15(20-13-30(3)32(5,45-30)28(43-20)44-27-26(40)25(39)24(38)21(14-35)42-27)34(41)9-7-18-17-11-23(37)33-12-16(33)10-22(36)31(33,4)19(17)6-8-29(18,34)2/h15-21,23-28,35,37-41H,6-14H2,1-5H3/t15-,16-,17+,18-,19+,20-,21-,23-,24-,25+,26-,27+,28+,29+,30+,31+,32-,33+,34+/m1/s1. The molecule has 8 rings (SSSR count). The van der Waals surface area contributed by atoms with E-state index in [2.05, 4.69) is 13.8 Å². The third kappa shape index (κ3) is 3.64. The molecule has 8 fully saturated rings. The van der Waals surface area contributed by atoms with Crippen LogP contribution in [0.15, 0.2) is 0 Å². The molecular formula is C34H52O11. The summed E-state index contributed by atoms with van der Waals surface area (Å²) < 4.78 is 24.6. The van der Waals surface area contributed by atoms with Gasteiger partial charge < -0.3 is 49.6 Å². The molecule has 3 heterocycles. The maximum atomic E-state index is 13.5. The summed E-state index contributed by atoms with van der Waals surface area (Å²) in [5.74, 6) is 0.949. The number of fused-ring (bicyclic) bond motifs is 5. The van der Waals surface area contributed by atoms with E-state index in [0.29, 0.717) is 37.4 Å². The van der Waals surface area contributed by atoms with Crippen LogP contribution in [0.25, 0.3) is 0 Å². The highest BCUT2D eigenvalue weighted by Crippen LogP contribution is 2.81. The van der Waals surface area contributed by atoms with Crippen molar-refractivity contribution in [3.05, 3.63) is 0 Å². The Balaban J connectivity index is 1.04. The smallest absolute Gasteiger partial charge is 0.192 e. The number of carbonyl (C=O) groups excluding carboxylic acids is 1.